The SMILES string of the molecule is CCNc1cc(N2CCCCc3ccccc32)nc(N)n1. The van der Waals surface area contributed by atoms with Crippen molar-refractivity contribution in [3.8, 4) is 0 Å². The van der Waals surface area contributed by atoms with Gasteiger partial charge in [0, 0.05) is 24.8 Å². The molecule has 0 radical (unpaired) electrons. The zero-order valence-electron chi connectivity index (χ0n) is 12.3. The Labute approximate surface area is 125 Å². The lowest BCUT2D eigenvalue weighted by Gasteiger charge is -2.24. The number of nitrogen functional groups attached to an aromatic ring is 1. The smallest absolute Gasteiger partial charge is 0.223 e. The molecule has 1 aliphatic heterocycles. The van der Waals surface area contributed by atoms with E-state index < -0.39 is 0 Å². The fourth-order valence-corrected chi connectivity index (χ4v) is 2.79. The molecule has 0 bridgehead atoms. The van der Waals surface area contributed by atoms with Crippen LogP contribution in [0.5, 0.6) is 0 Å². The van der Waals surface area contributed by atoms with Crippen molar-refractivity contribution in [1.82, 2.24) is 9.97 Å². The largest absolute Gasteiger partial charge is 0.370 e. The first-order valence-electron chi connectivity index (χ1n) is 7.52. The average molecular weight is 283 g/mol. The zero-order chi connectivity index (χ0) is 14.7. The second-order valence-electron chi connectivity index (χ2n) is 5.24. The Bertz CT molecular complexity index is 626. The van der Waals surface area contributed by atoms with Gasteiger partial charge in [0.05, 0.1) is 0 Å². The molecule has 1 aromatic carbocycles. The molecular formula is C16H21N5. The highest BCUT2D eigenvalue weighted by atomic mass is 15.2. The summed E-state index contributed by atoms with van der Waals surface area (Å²) in [6.07, 6.45) is 3.47. The van der Waals surface area contributed by atoms with Crippen LogP contribution in [0.15, 0.2) is 30.3 Å². The second kappa shape index (κ2) is 5.99. The lowest BCUT2D eigenvalue weighted by atomic mass is 10.1. The highest BCUT2D eigenvalue weighted by Crippen LogP contribution is 2.32. The van der Waals surface area contributed by atoms with Gasteiger partial charge in [0.1, 0.15) is 11.6 Å². The number of anilines is 4. The van der Waals surface area contributed by atoms with Gasteiger partial charge in [0.25, 0.3) is 0 Å². The zero-order valence-corrected chi connectivity index (χ0v) is 12.3. The number of hydrogen-bond donors (Lipinski definition) is 2. The molecule has 0 saturated heterocycles. The number of aryl methyl sites for hydroxylation is 1. The third-order valence-electron chi connectivity index (χ3n) is 3.72. The van der Waals surface area contributed by atoms with E-state index in [0.29, 0.717) is 5.95 Å². The first-order chi connectivity index (χ1) is 10.3. The number of para-hydroxylation sites is 1. The lowest BCUT2D eigenvalue weighted by molar-refractivity contribution is 0.757. The van der Waals surface area contributed by atoms with Gasteiger partial charge in [0.15, 0.2) is 0 Å². The van der Waals surface area contributed by atoms with Gasteiger partial charge in [0.2, 0.25) is 5.95 Å². The molecule has 0 saturated carbocycles. The summed E-state index contributed by atoms with van der Waals surface area (Å²) >= 11 is 0. The van der Waals surface area contributed by atoms with E-state index in [2.05, 4.69) is 44.5 Å². The van der Waals surface area contributed by atoms with Gasteiger partial charge in [-0.05, 0) is 37.8 Å². The molecule has 5 heteroatoms. The van der Waals surface area contributed by atoms with Gasteiger partial charge < -0.3 is 16.0 Å². The Morgan fingerprint density at radius 1 is 1.24 bits per heavy atom. The third kappa shape index (κ3) is 2.91. The molecule has 0 fully saturated rings. The molecule has 110 valence electrons. The molecule has 0 spiro atoms. The van der Waals surface area contributed by atoms with Crippen molar-refractivity contribution in [2.75, 3.05) is 29.0 Å². The lowest BCUT2D eigenvalue weighted by Crippen LogP contribution is -2.20. The second-order valence-corrected chi connectivity index (χ2v) is 5.24. The Balaban J connectivity index is 2.03. The van der Waals surface area contributed by atoms with Crippen LogP contribution in [-0.2, 0) is 6.42 Å². The maximum atomic E-state index is 5.87. The van der Waals surface area contributed by atoms with Crippen molar-refractivity contribution in [1.29, 1.82) is 0 Å². The van der Waals surface area contributed by atoms with Crippen LogP contribution in [0.3, 0.4) is 0 Å². The number of hydrogen-bond acceptors (Lipinski definition) is 5. The van der Waals surface area contributed by atoms with E-state index in [4.69, 9.17) is 5.73 Å². The van der Waals surface area contributed by atoms with Crippen LogP contribution in [-0.4, -0.2) is 23.1 Å². The van der Waals surface area contributed by atoms with Gasteiger partial charge in [-0.25, -0.2) is 0 Å². The number of nitrogens with two attached hydrogens (primary N) is 1. The number of nitrogens with zero attached hydrogens (tertiary/aromatic N) is 3. The average Bonchev–Trinajstić information content (AvgIpc) is 2.69. The quantitative estimate of drug-likeness (QED) is 0.906. The fourth-order valence-electron chi connectivity index (χ4n) is 2.79. The molecule has 3 rings (SSSR count). The minimum absolute atomic E-state index is 0.310. The summed E-state index contributed by atoms with van der Waals surface area (Å²) in [6, 6.07) is 10.5. The summed E-state index contributed by atoms with van der Waals surface area (Å²) in [6.45, 7) is 3.81. The maximum absolute atomic E-state index is 5.87. The minimum Gasteiger partial charge on any atom is -0.370 e. The first kappa shape index (κ1) is 13.7. The van der Waals surface area contributed by atoms with Crippen LogP contribution >= 0.6 is 0 Å². The van der Waals surface area contributed by atoms with Crippen molar-refractivity contribution in [3.05, 3.63) is 35.9 Å². The molecule has 0 unspecified atom stereocenters. The molecule has 2 heterocycles. The Kier molecular flexibility index (Phi) is 3.90. The molecule has 1 aromatic heterocycles. The molecule has 5 nitrogen and oxygen atoms in total. The van der Waals surface area contributed by atoms with Gasteiger partial charge in [-0.1, -0.05) is 18.2 Å². The van der Waals surface area contributed by atoms with Crippen LogP contribution in [0.25, 0.3) is 0 Å². The van der Waals surface area contributed by atoms with Crippen molar-refractivity contribution >= 4 is 23.3 Å². The first-order valence-corrected chi connectivity index (χ1v) is 7.52. The van der Waals surface area contributed by atoms with Crippen LogP contribution in [0.4, 0.5) is 23.3 Å². The van der Waals surface area contributed by atoms with E-state index in [1.54, 1.807) is 0 Å². The highest BCUT2D eigenvalue weighted by molar-refractivity contribution is 5.67. The molecule has 0 amide bonds. The predicted octanol–water partition coefficient (Wildman–Crippen LogP) is 2.97. The number of rotatable bonds is 3. The van der Waals surface area contributed by atoms with E-state index in [0.717, 1.165) is 37.6 Å². The number of benzene rings is 1. The Morgan fingerprint density at radius 3 is 2.95 bits per heavy atom. The molecule has 3 N–H and O–H groups in total. The van der Waals surface area contributed by atoms with Crippen LogP contribution in [0, 0.1) is 0 Å². The normalized spacial score (nSPS) is 14.4. The van der Waals surface area contributed by atoms with Gasteiger partial charge in [-0.2, -0.15) is 9.97 Å². The monoisotopic (exact) mass is 283 g/mol. The minimum atomic E-state index is 0.310. The summed E-state index contributed by atoms with van der Waals surface area (Å²) in [5.74, 6) is 1.96. The van der Waals surface area contributed by atoms with E-state index in [1.807, 2.05) is 13.0 Å². The van der Waals surface area contributed by atoms with Crippen molar-refractivity contribution < 1.29 is 0 Å². The van der Waals surface area contributed by atoms with E-state index in [9.17, 15) is 0 Å². The fraction of sp³-hybridized carbons (Fsp3) is 0.375. The predicted molar refractivity (Wildman–Crippen MR) is 87.0 cm³/mol. The van der Waals surface area contributed by atoms with E-state index in [1.165, 1.54) is 17.7 Å². The summed E-state index contributed by atoms with van der Waals surface area (Å²) < 4.78 is 0. The summed E-state index contributed by atoms with van der Waals surface area (Å²) in [5, 5.41) is 3.21. The molecule has 2 aromatic rings. The van der Waals surface area contributed by atoms with Crippen LogP contribution in [0.2, 0.25) is 0 Å². The van der Waals surface area contributed by atoms with Crippen molar-refractivity contribution in [2.45, 2.75) is 26.2 Å². The van der Waals surface area contributed by atoms with Crippen LogP contribution in [0.1, 0.15) is 25.3 Å². The third-order valence-corrected chi connectivity index (χ3v) is 3.72. The van der Waals surface area contributed by atoms with Gasteiger partial charge in [-0.3, -0.25) is 0 Å². The summed E-state index contributed by atoms with van der Waals surface area (Å²) in [5.41, 5.74) is 8.47. The molecule has 0 aliphatic carbocycles. The Hall–Kier alpha value is -2.30. The molecule has 1 aliphatic rings. The highest BCUT2D eigenvalue weighted by Gasteiger charge is 2.18. The Morgan fingerprint density at radius 2 is 2.10 bits per heavy atom. The maximum Gasteiger partial charge on any atom is 0.223 e. The van der Waals surface area contributed by atoms with Gasteiger partial charge in [-0.15, -0.1) is 0 Å². The van der Waals surface area contributed by atoms with Gasteiger partial charge >= 0.3 is 0 Å². The number of nitrogens with one attached hydrogen (secondary N) is 1. The number of aromatic nitrogens is 2. The van der Waals surface area contributed by atoms with Crippen molar-refractivity contribution in [3.63, 3.8) is 0 Å². The molecule has 0 atom stereocenters. The van der Waals surface area contributed by atoms with E-state index in [-0.39, 0.29) is 0 Å². The standard InChI is InChI=1S/C16H21N5/c1-2-18-14-11-15(20-16(17)19-14)21-10-6-5-8-12-7-3-4-9-13(12)21/h3-4,7,9,11H,2,5-6,8,10H2,1H3,(H3,17,18,19,20). The van der Waals surface area contributed by atoms with E-state index >= 15 is 0 Å². The van der Waals surface area contributed by atoms with Crippen LogP contribution < -0.4 is 16.0 Å². The topological polar surface area (TPSA) is 67.1 Å². The van der Waals surface area contributed by atoms with Crippen molar-refractivity contribution in [2.24, 2.45) is 0 Å². The molecular weight excluding hydrogens is 262 g/mol. The number of fused-ring (bicyclic) bond motifs is 1. The summed E-state index contributed by atoms with van der Waals surface area (Å²) in [4.78, 5) is 10.9. The summed E-state index contributed by atoms with van der Waals surface area (Å²) in [7, 11) is 0. The molecule has 21 heavy (non-hydrogen) atoms.